The molecule has 0 radical (unpaired) electrons. The third-order valence-corrected chi connectivity index (χ3v) is 5.97. The van der Waals surface area contributed by atoms with Gasteiger partial charge in [0.1, 0.15) is 16.5 Å². The zero-order valence-electron chi connectivity index (χ0n) is 11.4. The molecule has 0 amide bonds. The normalized spacial score (nSPS) is 22.2. The number of halogens is 2. The van der Waals surface area contributed by atoms with Crippen LogP contribution in [0, 0.1) is 11.6 Å². The lowest BCUT2D eigenvalue weighted by Crippen LogP contribution is -2.62. The smallest absolute Gasteiger partial charge is 0.246 e. The van der Waals surface area contributed by atoms with Crippen LogP contribution in [-0.4, -0.2) is 62.9 Å². The minimum absolute atomic E-state index is 0.300. The zero-order chi connectivity index (χ0) is 15.0. The lowest BCUT2D eigenvalue weighted by atomic mass is 10.1. The number of sulfonamides is 1. The van der Waals surface area contributed by atoms with Crippen LogP contribution < -0.4 is 5.32 Å². The molecule has 5 nitrogen and oxygen atoms in total. The predicted octanol–water partition coefficient (Wildman–Crippen LogP) is 0.243. The summed E-state index contributed by atoms with van der Waals surface area (Å²) >= 11 is 0. The van der Waals surface area contributed by atoms with Gasteiger partial charge in [0.15, 0.2) is 0 Å². The number of hydrogen-bond donors (Lipinski definition) is 1. The maximum atomic E-state index is 13.7. The second kappa shape index (κ2) is 5.60. The minimum Gasteiger partial charge on any atom is -0.314 e. The summed E-state index contributed by atoms with van der Waals surface area (Å²) in [5, 5.41) is 3.17. The first kappa shape index (κ1) is 14.8. The van der Waals surface area contributed by atoms with Crippen molar-refractivity contribution in [2.75, 3.05) is 39.3 Å². The molecule has 2 heterocycles. The van der Waals surface area contributed by atoms with Crippen molar-refractivity contribution in [3.63, 3.8) is 0 Å². The van der Waals surface area contributed by atoms with Crippen LogP contribution in [0.25, 0.3) is 0 Å². The van der Waals surface area contributed by atoms with E-state index in [-0.39, 0.29) is 0 Å². The van der Waals surface area contributed by atoms with Crippen LogP contribution in [0.3, 0.4) is 0 Å². The Bertz CT molecular complexity index is 626. The van der Waals surface area contributed by atoms with Gasteiger partial charge in [-0.05, 0) is 18.2 Å². The largest absolute Gasteiger partial charge is 0.314 e. The van der Waals surface area contributed by atoms with E-state index in [0.29, 0.717) is 32.2 Å². The molecule has 21 heavy (non-hydrogen) atoms. The van der Waals surface area contributed by atoms with Gasteiger partial charge in [0.2, 0.25) is 10.0 Å². The number of piperazine rings is 1. The highest BCUT2D eigenvalue weighted by Gasteiger charge is 2.34. The summed E-state index contributed by atoms with van der Waals surface area (Å²) in [6, 6.07) is 2.96. The van der Waals surface area contributed by atoms with Crippen molar-refractivity contribution in [1.82, 2.24) is 14.5 Å². The molecular formula is C13H17F2N3O2S. The van der Waals surface area contributed by atoms with E-state index in [2.05, 4.69) is 10.2 Å². The molecule has 1 N–H and O–H groups in total. The second-order valence-electron chi connectivity index (χ2n) is 5.33. The lowest BCUT2D eigenvalue weighted by molar-refractivity contribution is 0.103. The number of rotatable bonds is 3. The van der Waals surface area contributed by atoms with Gasteiger partial charge in [0, 0.05) is 45.3 Å². The number of benzene rings is 1. The van der Waals surface area contributed by atoms with E-state index >= 15 is 0 Å². The van der Waals surface area contributed by atoms with Crippen molar-refractivity contribution < 1.29 is 17.2 Å². The SMILES string of the molecule is O=S(=O)(c1cc(F)ccc1F)N1CCN(C2CNC2)CC1. The Hall–Kier alpha value is -1.09. The van der Waals surface area contributed by atoms with Crippen molar-refractivity contribution in [2.24, 2.45) is 0 Å². The molecule has 0 saturated carbocycles. The fraction of sp³-hybridized carbons (Fsp3) is 0.538. The molecule has 0 aliphatic carbocycles. The molecule has 2 aliphatic heterocycles. The van der Waals surface area contributed by atoms with Gasteiger partial charge < -0.3 is 5.32 Å². The molecule has 116 valence electrons. The van der Waals surface area contributed by atoms with Gasteiger partial charge in [-0.1, -0.05) is 0 Å². The van der Waals surface area contributed by atoms with Gasteiger partial charge in [0.05, 0.1) is 0 Å². The van der Waals surface area contributed by atoms with Gasteiger partial charge in [-0.3, -0.25) is 4.90 Å². The Balaban J connectivity index is 1.75. The molecule has 8 heteroatoms. The van der Waals surface area contributed by atoms with E-state index in [1.807, 2.05) is 0 Å². The number of nitrogens with zero attached hydrogens (tertiary/aromatic N) is 2. The molecule has 2 fully saturated rings. The van der Waals surface area contributed by atoms with E-state index in [1.165, 1.54) is 4.31 Å². The van der Waals surface area contributed by atoms with E-state index < -0.39 is 26.6 Å². The van der Waals surface area contributed by atoms with Gasteiger partial charge >= 0.3 is 0 Å². The maximum absolute atomic E-state index is 13.7. The molecule has 2 saturated heterocycles. The molecule has 2 aliphatic rings. The summed E-state index contributed by atoms with van der Waals surface area (Å²) in [5.41, 5.74) is 0. The van der Waals surface area contributed by atoms with Gasteiger partial charge in [-0.25, -0.2) is 17.2 Å². The van der Waals surface area contributed by atoms with Crippen molar-refractivity contribution >= 4 is 10.0 Å². The standard InChI is InChI=1S/C13H17F2N3O2S/c14-10-1-2-12(15)13(7-10)21(19,20)18-5-3-17(4-6-18)11-8-16-9-11/h1-2,7,11,16H,3-6,8-9H2. The first-order valence-electron chi connectivity index (χ1n) is 6.88. The fourth-order valence-corrected chi connectivity index (χ4v) is 4.15. The quantitative estimate of drug-likeness (QED) is 0.868. The van der Waals surface area contributed by atoms with E-state index in [4.69, 9.17) is 0 Å². The van der Waals surface area contributed by atoms with E-state index in [9.17, 15) is 17.2 Å². The molecule has 0 atom stereocenters. The summed E-state index contributed by atoms with van der Waals surface area (Å²) in [4.78, 5) is 1.64. The van der Waals surface area contributed by atoms with Crippen molar-refractivity contribution in [2.45, 2.75) is 10.9 Å². The van der Waals surface area contributed by atoms with Crippen molar-refractivity contribution in [3.8, 4) is 0 Å². The predicted molar refractivity (Wildman–Crippen MR) is 73.3 cm³/mol. The van der Waals surface area contributed by atoms with Crippen LogP contribution in [0.15, 0.2) is 23.1 Å². The summed E-state index contributed by atoms with van der Waals surface area (Å²) in [7, 11) is -3.98. The van der Waals surface area contributed by atoms with Crippen LogP contribution in [0.2, 0.25) is 0 Å². The van der Waals surface area contributed by atoms with E-state index in [0.717, 1.165) is 31.3 Å². The third kappa shape index (κ3) is 2.80. The Morgan fingerprint density at radius 1 is 1.10 bits per heavy atom. The van der Waals surface area contributed by atoms with Crippen molar-refractivity contribution in [1.29, 1.82) is 0 Å². The third-order valence-electron chi connectivity index (χ3n) is 4.06. The molecule has 0 aromatic heterocycles. The highest BCUT2D eigenvalue weighted by Crippen LogP contribution is 2.22. The first-order valence-corrected chi connectivity index (χ1v) is 8.32. The maximum Gasteiger partial charge on any atom is 0.246 e. The Morgan fingerprint density at radius 2 is 1.76 bits per heavy atom. The topological polar surface area (TPSA) is 52.7 Å². The van der Waals surface area contributed by atoms with Crippen LogP contribution in [-0.2, 0) is 10.0 Å². The zero-order valence-corrected chi connectivity index (χ0v) is 12.2. The second-order valence-corrected chi connectivity index (χ2v) is 7.23. The number of hydrogen-bond acceptors (Lipinski definition) is 4. The minimum atomic E-state index is -3.98. The fourth-order valence-electron chi connectivity index (χ4n) is 2.65. The average molecular weight is 317 g/mol. The molecular weight excluding hydrogens is 300 g/mol. The van der Waals surface area contributed by atoms with Crippen molar-refractivity contribution in [3.05, 3.63) is 29.8 Å². The molecule has 0 unspecified atom stereocenters. The molecule has 1 aromatic rings. The summed E-state index contributed by atoms with van der Waals surface area (Å²) in [6.07, 6.45) is 0. The highest BCUT2D eigenvalue weighted by molar-refractivity contribution is 7.89. The van der Waals surface area contributed by atoms with Crippen LogP contribution in [0.5, 0.6) is 0 Å². The number of nitrogens with one attached hydrogen (secondary N) is 1. The van der Waals surface area contributed by atoms with Gasteiger partial charge in [0.25, 0.3) is 0 Å². The monoisotopic (exact) mass is 317 g/mol. The van der Waals surface area contributed by atoms with Crippen LogP contribution in [0.1, 0.15) is 0 Å². The molecule has 3 rings (SSSR count). The molecule has 0 bridgehead atoms. The van der Waals surface area contributed by atoms with E-state index in [1.54, 1.807) is 0 Å². The Labute approximate surface area is 122 Å². The highest BCUT2D eigenvalue weighted by atomic mass is 32.2. The average Bonchev–Trinajstić information content (AvgIpc) is 2.40. The molecule has 1 aromatic carbocycles. The molecule has 0 spiro atoms. The van der Waals surface area contributed by atoms with Crippen LogP contribution >= 0.6 is 0 Å². The lowest BCUT2D eigenvalue weighted by Gasteiger charge is -2.42. The van der Waals surface area contributed by atoms with Crippen LogP contribution in [0.4, 0.5) is 8.78 Å². The summed E-state index contributed by atoms with van der Waals surface area (Å²) in [5.74, 6) is -1.67. The first-order chi connectivity index (χ1) is 9.98. The summed E-state index contributed by atoms with van der Waals surface area (Å²) in [6.45, 7) is 3.67. The summed E-state index contributed by atoms with van der Waals surface area (Å²) < 4.78 is 52.9. The Kier molecular flexibility index (Phi) is 3.96. The van der Waals surface area contributed by atoms with Gasteiger partial charge in [-0.2, -0.15) is 4.31 Å². The Morgan fingerprint density at radius 3 is 2.33 bits per heavy atom. The van der Waals surface area contributed by atoms with Gasteiger partial charge in [-0.15, -0.1) is 0 Å².